The first-order chi connectivity index (χ1) is 13.7. The number of H-pyrrole nitrogens is 1. The predicted molar refractivity (Wildman–Crippen MR) is 117 cm³/mol. The van der Waals surface area contributed by atoms with Crippen molar-refractivity contribution in [3.63, 3.8) is 0 Å². The van der Waals surface area contributed by atoms with E-state index in [0.29, 0.717) is 12.1 Å². The monoisotopic (exact) mass is 431 g/mol. The van der Waals surface area contributed by atoms with Crippen LogP contribution >= 0.6 is 15.9 Å². The fraction of sp³-hybridized carbons (Fsp3) is 0.0435. The number of hydrogen-bond donors (Lipinski definition) is 2. The first-order valence-electron chi connectivity index (χ1n) is 8.93. The Hall–Kier alpha value is -3.18. The van der Waals surface area contributed by atoms with Gasteiger partial charge in [-0.15, -0.1) is 0 Å². The molecular formula is C23H18BrN3O. The van der Waals surface area contributed by atoms with Crippen molar-refractivity contribution in [1.82, 2.24) is 10.4 Å². The van der Waals surface area contributed by atoms with Crippen LogP contribution in [-0.2, 0) is 6.42 Å². The summed E-state index contributed by atoms with van der Waals surface area (Å²) in [4.78, 5) is 16.1. The second kappa shape index (κ2) is 8.23. The Bertz CT molecular complexity index is 1130. The van der Waals surface area contributed by atoms with Gasteiger partial charge in [-0.1, -0.05) is 76.6 Å². The molecule has 4 rings (SSSR count). The number of carbonyl (C=O) groups is 1. The van der Waals surface area contributed by atoms with Gasteiger partial charge < -0.3 is 4.98 Å². The minimum absolute atomic E-state index is 0.254. The number of benzene rings is 3. The van der Waals surface area contributed by atoms with E-state index >= 15 is 0 Å². The minimum Gasteiger partial charge on any atom is -0.350 e. The normalized spacial score (nSPS) is 11.2. The summed E-state index contributed by atoms with van der Waals surface area (Å²) in [6.45, 7) is 0. The Morgan fingerprint density at radius 1 is 0.964 bits per heavy atom. The molecule has 1 heterocycles. The van der Waals surface area contributed by atoms with E-state index in [1.54, 1.807) is 6.21 Å². The molecule has 0 aliphatic carbocycles. The quantitative estimate of drug-likeness (QED) is 0.327. The van der Waals surface area contributed by atoms with E-state index in [0.717, 1.165) is 32.1 Å². The number of aromatic amines is 1. The molecule has 0 unspecified atom stereocenters. The summed E-state index contributed by atoms with van der Waals surface area (Å²) in [5.41, 5.74) is 7.15. The molecule has 3 aromatic carbocycles. The molecule has 4 aromatic rings. The number of halogens is 1. The molecule has 0 aliphatic heterocycles. The van der Waals surface area contributed by atoms with Gasteiger partial charge in [0.05, 0.1) is 6.21 Å². The van der Waals surface area contributed by atoms with E-state index in [9.17, 15) is 4.79 Å². The topological polar surface area (TPSA) is 57.2 Å². The lowest BCUT2D eigenvalue weighted by Crippen LogP contribution is -2.19. The Balaban J connectivity index is 1.60. The molecule has 0 atom stereocenters. The van der Waals surface area contributed by atoms with Gasteiger partial charge in [-0.2, -0.15) is 5.10 Å². The van der Waals surface area contributed by atoms with Crippen LogP contribution in [0.15, 0.2) is 88.4 Å². The lowest BCUT2D eigenvalue weighted by Gasteiger charge is -2.04. The summed E-state index contributed by atoms with van der Waals surface area (Å²) >= 11 is 3.40. The third-order valence-corrected chi connectivity index (χ3v) is 5.04. The number of hydrazone groups is 1. The second-order valence-corrected chi connectivity index (χ2v) is 7.35. The van der Waals surface area contributed by atoms with Crippen molar-refractivity contribution >= 4 is 39.0 Å². The van der Waals surface area contributed by atoms with Crippen molar-refractivity contribution in [1.29, 1.82) is 0 Å². The van der Waals surface area contributed by atoms with Crippen molar-refractivity contribution < 1.29 is 4.79 Å². The highest BCUT2D eigenvalue weighted by atomic mass is 79.9. The number of nitrogens with zero attached hydrogens (tertiary/aromatic N) is 1. The van der Waals surface area contributed by atoms with Crippen LogP contribution in [0.1, 0.15) is 27.2 Å². The third kappa shape index (κ3) is 4.05. The number of fused-ring (bicyclic) bond motifs is 1. The van der Waals surface area contributed by atoms with E-state index < -0.39 is 0 Å². The molecule has 28 heavy (non-hydrogen) atoms. The first-order valence-corrected chi connectivity index (χ1v) is 9.72. The molecule has 138 valence electrons. The maximum absolute atomic E-state index is 12.8. The lowest BCUT2D eigenvalue weighted by molar-refractivity contribution is 0.0950. The fourth-order valence-corrected chi connectivity index (χ4v) is 3.41. The van der Waals surface area contributed by atoms with Crippen LogP contribution in [0.4, 0.5) is 0 Å². The number of aromatic nitrogens is 1. The number of amides is 1. The van der Waals surface area contributed by atoms with E-state index in [1.807, 2.05) is 66.7 Å². The Morgan fingerprint density at radius 3 is 2.46 bits per heavy atom. The van der Waals surface area contributed by atoms with Crippen LogP contribution in [0.25, 0.3) is 10.9 Å². The molecule has 2 N–H and O–H groups in total. The maximum atomic E-state index is 12.8. The maximum Gasteiger partial charge on any atom is 0.288 e. The number of carbonyl (C=O) groups excluding carboxylic acids is 1. The van der Waals surface area contributed by atoms with E-state index in [1.165, 1.54) is 0 Å². The van der Waals surface area contributed by atoms with Gasteiger partial charge in [-0.25, -0.2) is 5.43 Å². The van der Waals surface area contributed by atoms with Crippen molar-refractivity contribution in [3.8, 4) is 0 Å². The molecule has 0 saturated carbocycles. The molecule has 1 aromatic heterocycles. The molecule has 0 spiro atoms. The molecular weight excluding hydrogens is 414 g/mol. The van der Waals surface area contributed by atoms with Crippen LogP contribution in [0.2, 0.25) is 0 Å². The first kappa shape index (κ1) is 18.2. The third-order valence-electron chi connectivity index (χ3n) is 4.51. The molecule has 5 heteroatoms. The lowest BCUT2D eigenvalue weighted by atomic mass is 10.0. The zero-order valence-electron chi connectivity index (χ0n) is 15.0. The molecule has 0 fully saturated rings. The number of nitrogens with one attached hydrogen (secondary N) is 2. The molecule has 0 radical (unpaired) electrons. The van der Waals surface area contributed by atoms with Crippen LogP contribution in [-0.4, -0.2) is 17.1 Å². The molecule has 0 aliphatic rings. The number of para-hydroxylation sites is 1. The van der Waals surface area contributed by atoms with E-state index in [4.69, 9.17) is 0 Å². The van der Waals surface area contributed by atoms with Crippen molar-refractivity contribution in [2.24, 2.45) is 5.10 Å². The molecule has 1 amide bonds. The Kier molecular flexibility index (Phi) is 5.35. The van der Waals surface area contributed by atoms with Gasteiger partial charge in [-0.05, 0) is 34.9 Å². The van der Waals surface area contributed by atoms with Gasteiger partial charge in [0.25, 0.3) is 5.91 Å². The molecule has 4 nitrogen and oxygen atoms in total. The molecule has 0 bridgehead atoms. The summed E-state index contributed by atoms with van der Waals surface area (Å²) in [5.74, 6) is -0.254. The highest BCUT2D eigenvalue weighted by molar-refractivity contribution is 9.10. The van der Waals surface area contributed by atoms with Crippen LogP contribution < -0.4 is 5.43 Å². The summed E-state index contributed by atoms with van der Waals surface area (Å²) in [5, 5.41) is 5.16. The largest absolute Gasteiger partial charge is 0.350 e. The summed E-state index contributed by atoms with van der Waals surface area (Å²) in [6, 6.07) is 25.8. The van der Waals surface area contributed by atoms with Gasteiger partial charge in [0.1, 0.15) is 5.69 Å². The number of hydrogen-bond acceptors (Lipinski definition) is 2. The second-order valence-electron chi connectivity index (χ2n) is 6.44. The Labute approximate surface area is 171 Å². The van der Waals surface area contributed by atoms with E-state index in [2.05, 4.69) is 43.6 Å². The number of rotatable bonds is 5. The minimum atomic E-state index is -0.254. The average molecular weight is 432 g/mol. The summed E-state index contributed by atoms with van der Waals surface area (Å²) in [6.07, 6.45) is 2.30. The van der Waals surface area contributed by atoms with Crippen molar-refractivity contribution in [2.45, 2.75) is 6.42 Å². The van der Waals surface area contributed by atoms with Crippen LogP contribution in [0, 0.1) is 0 Å². The highest BCUT2D eigenvalue weighted by Gasteiger charge is 2.17. The SMILES string of the molecule is O=C(N/N=C\c1ccc(Br)cc1)c1[nH]c2ccccc2c1Cc1ccccc1. The average Bonchev–Trinajstić information content (AvgIpc) is 3.09. The molecule has 0 saturated heterocycles. The smallest absolute Gasteiger partial charge is 0.288 e. The van der Waals surface area contributed by atoms with Gasteiger partial charge in [0, 0.05) is 21.8 Å². The summed E-state index contributed by atoms with van der Waals surface area (Å²) in [7, 11) is 0. The van der Waals surface area contributed by atoms with Gasteiger partial charge in [0.2, 0.25) is 0 Å². The van der Waals surface area contributed by atoms with Gasteiger partial charge >= 0.3 is 0 Å². The van der Waals surface area contributed by atoms with Crippen molar-refractivity contribution in [3.05, 3.63) is 106 Å². The zero-order valence-corrected chi connectivity index (χ0v) is 16.6. The van der Waals surface area contributed by atoms with Crippen LogP contribution in [0.5, 0.6) is 0 Å². The van der Waals surface area contributed by atoms with E-state index in [-0.39, 0.29) is 5.91 Å². The fourth-order valence-electron chi connectivity index (χ4n) is 3.15. The van der Waals surface area contributed by atoms with Crippen LogP contribution in [0.3, 0.4) is 0 Å². The summed E-state index contributed by atoms with van der Waals surface area (Å²) < 4.78 is 0.998. The zero-order chi connectivity index (χ0) is 19.3. The standard InChI is InChI=1S/C23H18BrN3O/c24-18-12-10-17(11-13-18)15-25-27-23(28)22-20(14-16-6-2-1-3-7-16)19-8-4-5-9-21(19)26-22/h1-13,15,26H,14H2,(H,27,28)/b25-15-. The van der Waals surface area contributed by atoms with Crippen molar-refractivity contribution in [2.75, 3.05) is 0 Å². The van der Waals surface area contributed by atoms with Gasteiger partial charge in [-0.3, -0.25) is 4.79 Å². The Morgan fingerprint density at radius 2 is 1.68 bits per heavy atom. The predicted octanol–water partition coefficient (Wildman–Crippen LogP) is 5.29. The highest BCUT2D eigenvalue weighted by Crippen LogP contribution is 2.25. The van der Waals surface area contributed by atoms with Gasteiger partial charge in [0.15, 0.2) is 0 Å².